The van der Waals surface area contributed by atoms with Crippen LogP contribution in [-0.2, 0) is 11.3 Å². The van der Waals surface area contributed by atoms with Crippen molar-refractivity contribution in [2.45, 2.75) is 13.0 Å². The van der Waals surface area contributed by atoms with Gasteiger partial charge in [-0.3, -0.25) is 14.7 Å². The van der Waals surface area contributed by atoms with Gasteiger partial charge in [-0.25, -0.2) is 0 Å². The Balaban J connectivity index is 1.64. The number of carbonyl (C=O) groups is 1. The minimum atomic E-state index is -0.130. The monoisotopic (exact) mass is 408 g/mol. The first-order chi connectivity index (χ1) is 12.6. The molecule has 1 aliphatic rings. The highest BCUT2D eigenvalue weighted by Crippen LogP contribution is 2.27. The molecule has 0 bridgehead atoms. The molecule has 4 nitrogen and oxygen atoms in total. The van der Waals surface area contributed by atoms with Gasteiger partial charge < -0.3 is 4.74 Å². The van der Waals surface area contributed by atoms with Gasteiger partial charge in [0.25, 0.3) is 5.91 Å². The lowest BCUT2D eigenvalue weighted by molar-refractivity contribution is -0.129. The molecular formula is C19H18Cl2N2O2S. The van der Waals surface area contributed by atoms with E-state index in [9.17, 15) is 4.79 Å². The zero-order valence-electron chi connectivity index (χ0n) is 14.0. The summed E-state index contributed by atoms with van der Waals surface area (Å²) in [6, 6.07) is 14.9. The maximum absolute atomic E-state index is 12.6. The second kappa shape index (κ2) is 9.31. The van der Waals surface area contributed by atoms with Gasteiger partial charge in [-0.1, -0.05) is 65.3 Å². The molecule has 7 heteroatoms. The van der Waals surface area contributed by atoms with Crippen molar-refractivity contribution in [1.82, 2.24) is 4.90 Å². The third-order valence-corrected chi connectivity index (χ3v) is 5.40. The van der Waals surface area contributed by atoms with Crippen LogP contribution in [0.5, 0.6) is 5.75 Å². The number of benzene rings is 2. The Bertz CT molecular complexity index is 799. The van der Waals surface area contributed by atoms with Crippen molar-refractivity contribution >= 4 is 46.0 Å². The largest absolute Gasteiger partial charge is 0.482 e. The first-order valence-electron chi connectivity index (χ1n) is 8.23. The van der Waals surface area contributed by atoms with E-state index in [0.717, 1.165) is 22.9 Å². The lowest BCUT2D eigenvalue weighted by atomic mass is 10.2. The van der Waals surface area contributed by atoms with Crippen LogP contribution in [0.1, 0.15) is 12.0 Å². The van der Waals surface area contributed by atoms with E-state index < -0.39 is 0 Å². The number of hydrogen-bond donors (Lipinski definition) is 0. The van der Waals surface area contributed by atoms with Gasteiger partial charge in [-0.05, 0) is 30.2 Å². The molecular weight excluding hydrogens is 391 g/mol. The van der Waals surface area contributed by atoms with E-state index in [1.165, 1.54) is 0 Å². The van der Waals surface area contributed by atoms with E-state index in [4.69, 9.17) is 27.9 Å². The Morgan fingerprint density at radius 3 is 2.77 bits per heavy atom. The number of hydrogen-bond acceptors (Lipinski definition) is 4. The lowest BCUT2D eigenvalue weighted by Gasteiger charge is -2.27. The lowest BCUT2D eigenvalue weighted by Crippen LogP contribution is -2.42. The van der Waals surface area contributed by atoms with Crippen LogP contribution in [0, 0.1) is 0 Å². The number of amides is 1. The van der Waals surface area contributed by atoms with Gasteiger partial charge >= 0.3 is 0 Å². The summed E-state index contributed by atoms with van der Waals surface area (Å²) in [7, 11) is 0. The summed E-state index contributed by atoms with van der Waals surface area (Å²) >= 11 is 13.6. The average Bonchev–Trinajstić information content (AvgIpc) is 2.66. The summed E-state index contributed by atoms with van der Waals surface area (Å²) in [5.41, 5.74) is 1.11. The molecule has 0 unspecified atom stereocenters. The average molecular weight is 409 g/mol. The SMILES string of the molecule is O=C(COc1ccc(Cl)cc1Cl)N1CCCSC1=NCc1ccccc1. The standard InChI is InChI=1S/C19H18Cl2N2O2S/c20-15-7-8-17(16(21)11-15)25-13-18(24)23-9-4-10-26-19(23)22-12-14-5-2-1-3-6-14/h1-3,5-8,11H,4,9-10,12-13H2. The molecule has 0 radical (unpaired) electrons. The summed E-state index contributed by atoms with van der Waals surface area (Å²) in [5, 5.41) is 1.66. The van der Waals surface area contributed by atoms with Gasteiger partial charge in [0, 0.05) is 17.3 Å². The molecule has 1 heterocycles. The molecule has 2 aromatic rings. The first-order valence-corrected chi connectivity index (χ1v) is 9.97. The predicted molar refractivity (Wildman–Crippen MR) is 108 cm³/mol. The van der Waals surface area contributed by atoms with Crippen LogP contribution in [0.2, 0.25) is 10.0 Å². The molecule has 0 N–H and O–H groups in total. The fraction of sp³-hybridized carbons (Fsp3) is 0.263. The second-order valence-corrected chi connectivity index (χ2v) is 7.60. The summed E-state index contributed by atoms with van der Waals surface area (Å²) in [4.78, 5) is 18.9. The van der Waals surface area contributed by atoms with Gasteiger partial charge in [-0.2, -0.15) is 0 Å². The highest BCUT2D eigenvalue weighted by molar-refractivity contribution is 8.13. The molecule has 0 spiro atoms. The van der Waals surface area contributed by atoms with Crippen LogP contribution >= 0.6 is 35.0 Å². The number of rotatable bonds is 5. The highest BCUT2D eigenvalue weighted by Gasteiger charge is 2.24. The third-order valence-electron chi connectivity index (χ3n) is 3.77. The Morgan fingerprint density at radius 1 is 1.19 bits per heavy atom. The molecule has 0 saturated carbocycles. The van der Waals surface area contributed by atoms with E-state index in [0.29, 0.717) is 28.9 Å². The minimum absolute atomic E-state index is 0.0910. The number of carbonyl (C=O) groups excluding carboxylic acids is 1. The summed E-state index contributed by atoms with van der Waals surface area (Å²) in [6.07, 6.45) is 0.933. The first kappa shape index (κ1) is 19.1. The molecule has 26 heavy (non-hydrogen) atoms. The third kappa shape index (κ3) is 5.16. The number of amidine groups is 1. The van der Waals surface area contributed by atoms with E-state index >= 15 is 0 Å². The van der Waals surface area contributed by atoms with Gasteiger partial charge in [0.2, 0.25) is 0 Å². The van der Waals surface area contributed by atoms with Crippen molar-refractivity contribution in [3.8, 4) is 5.75 Å². The second-order valence-electron chi connectivity index (χ2n) is 5.70. The zero-order valence-corrected chi connectivity index (χ0v) is 16.4. The smallest absolute Gasteiger partial charge is 0.266 e. The summed E-state index contributed by atoms with van der Waals surface area (Å²) in [5.74, 6) is 1.27. The Labute approximate surface area is 167 Å². The van der Waals surface area contributed by atoms with E-state index in [1.807, 2.05) is 30.3 Å². The zero-order chi connectivity index (χ0) is 18.4. The molecule has 2 aromatic carbocycles. The van der Waals surface area contributed by atoms with Crippen molar-refractivity contribution in [2.24, 2.45) is 4.99 Å². The van der Waals surface area contributed by atoms with Crippen LogP contribution in [-0.4, -0.2) is 34.9 Å². The van der Waals surface area contributed by atoms with Gasteiger partial charge in [0.1, 0.15) is 5.75 Å². The fourth-order valence-electron chi connectivity index (χ4n) is 2.47. The van der Waals surface area contributed by atoms with Crippen molar-refractivity contribution in [3.63, 3.8) is 0 Å². The number of aliphatic imine (C=N–C) groups is 1. The number of nitrogens with zero attached hydrogens (tertiary/aromatic N) is 2. The quantitative estimate of drug-likeness (QED) is 0.706. The van der Waals surface area contributed by atoms with E-state index in [1.54, 1.807) is 34.9 Å². The van der Waals surface area contributed by atoms with Gasteiger partial charge in [-0.15, -0.1) is 0 Å². The topological polar surface area (TPSA) is 41.9 Å². The number of halogens is 2. The van der Waals surface area contributed by atoms with Gasteiger partial charge in [0.15, 0.2) is 11.8 Å². The Kier molecular flexibility index (Phi) is 6.83. The van der Waals surface area contributed by atoms with Crippen LogP contribution in [0.15, 0.2) is 53.5 Å². The van der Waals surface area contributed by atoms with E-state index in [-0.39, 0.29) is 12.5 Å². The Morgan fingerprint density at radius 2 is 2.00 bits per heavy atom. The maximum Gasteiger partial charge on any atom is 0.266 e. The summed E-state index contributed by atoms with van der Waals surface area (Å²) in [6.45, 7) is 1.11. The highest BCUT2D eigenvalue weighted by atomic mass is 35.5. The molecule has 136 valence electrons. The molecule has 0 atom stereocenters. The summed E-state index contributed by atoms with van der Waals surface area (Å²) < 4.78 is 5.57. The molecule has 1 fully saturated rings. The molecule has 1 saturated heterocycles. The molecule has 1 amide bonds. The van der Waals surface area contributed by atoms with Crippen LogP contribution < -0.4 is 4.74 Å². The Hall–Kier alpha value is -1.69. The normalized spacial score (nSPS) is 15.9. The molecule has 0 aliphatic carbocycles. The van der Waals surface area contributed by atoms with Crippen molar-refractivity contribution < 1.29 is 9.53 Å². The predicted octanol–water partition coefficient (Wildman–Crippen LogP) is 4.89. The molecule has 3 rings (SSSR count). The number of thioether (sulfide) groups is 1. The van der Waals surface area contributed by atoms with Crippen LogP contribution in [0.25, 0.3) is 0 Å². The van der Waals surface area contributed by atoms with Crippen LogP contribution in [0.4, 0.5) is 0 Å². The van der Waals surface area contributed by atoms with Crippen molar-refractivity contribution in [1.29, 1.82) is 0 Å². The minimum Gasteiger partial charge on any atom is -0.482 e. The number of ether oxygens (including phenoxy) is 1. The van der Waals surface area contributed by atoms with Gasteiger partial charge in [0.05, 0.1) is 11.6 Å². The fourth-order valence-corrected chi connectivity index (χ4v) is 3.90. The van der Waals surface area contributed by atoms with E-state index in [2.05, 4.69) is 4.99 Å². The molecule has 1 aliphatic heterocycles. The maximum atomic E-state index is 12.6. The van der Waals surface area contributed by atoms with Crippen molar-refractivity contribution in [3.05, 3.63) is 64.1 Å². The molecule has 0 aromatic heterocycles. The van der Waals surface area contributed by atoms with Crippen LogP contribution in [0.3, 0.4) is 0 Å². The van der Waals surface area contributed by atoms with Crippen molar-refractivity contribution in [2.75, 3.05) is 18.9 Å².